The predicted molar refractivity (Wildman–Crippen MR) is 110 cm³/mol. The van der Waals surface area contributed by atoms with Gasteiger partial charge in [-0.2, -0.15) is 0 Å². The molecule has 2 aromatic heterocycles. The minimum absolute atomic E-state index is 0.00707. The van der Waals surface area contributed by atoms with Crippen molar-refractivity contribution in [1.29, 1.82) is 0 Å². The largest absolute Gasteiger partial charge is 0.342 e. The number of carbonyl (C=O) groups is 3. The lowest BCUT2D eigenvalue weighted by atomic mass is 10.1. The van der Waals surface area contributed by atoms with Gasteiger partial charge >= 0.3 is 0 Å². The average Bonchev–Trinajstić information content (AvgIpc) is 3.36. The van der Waals surface area contributed by atoms with E-state index in [0.717, 1.165) is 0 Å². The first-order chi connectivity index (χ1) is 16.3. The zero-order valence-corrected chi connectivity index (χ0v) is 17.6. The molecular weight excluding hydrogens is 455 g/mol. The summed E-state index contributed by atoms with van der Waals surface area (Å²) in [5, 5.41) is 10.1. The fraction of sp³-hybridized carbons (Fsp3) is 0.238. The summed E-state index contributed by atoms with van der Waals surface area (Å²) in [7, 11) is 0. The lowest BCUT2D eigenvalue weighted by molar-refractivity contribution is -0.131. The number of benzene rings is 1. The number of carbonyl (C=O) groups excluding carboxylic acids is 3. The molecule has 0 atom stereocenters. The van der Waals surface area contributed by atoms with Crippen molar-refractivity contribution in [3.8, 4) is 5.82 Å². The van der Waals surface area contributed by atoms with Crippen LogP contribution in [0.4, 0.5) is 13.2 Å². The maximum Gasteiger partial charge on any atom is 0.273 e. The number of hydrogen-bond donors (Lipinski definition) is 1. The Kier molecular flexibility index (Phi) is 6.52. The van der Waals surface area contributed by atoms with Crippen molar-refractivity contribution in [2.24, 2.45) is 0 Å². The van der Waals surface area contributed by atoms with Gasteiger partial charge in [0.1, 0.15) is 0 Å². The number of aromatic nitrogens is 4. The topological polar surface area (TPSA) is 113 Å². The Morgan fingerprint density at radius 2 is 1.65 bits per heavy atom. The van der Waals surface area contributed by atoms with Crippen LogP contribution in [0.3, 0.4) is 0 Å². The van der Waals surface area contributed by atoms with E-state index in [1.165, 1.54) is 20.7 Å². The lowest BCUT2D eigenvalue weighted by Gasteiger charge is -2.34. The van der Waals surface area contributed by atoms with Crippen LogP contribution in [-0.4, -0.2) is 80.2 Å². The van der Waals surface area contributed by atoms with Gasteiger partial charge < -0.3 is 15.1 Å². The molecule has 3 aromatic rings. The summed E-state index contributed by atoms with van der Waals surface area (Å²) in [5.74, 6) is -5.71. The number of nitrogens with one attached hydrogen (secondary N) is 1. The third-order valence-electron chi connectivity index (χ3n) is 5.16. The molecule has 34 heavy (non-hydrogen) atoms. The predicted octanol–water partition coefficient (Wildman–Crippen LogP) is 0.794. The fourth-order valence-electron chi connectivity index (χ4n) is 3.35. The molecule has 0 aliphatic carbocycles. The monoisotopic (exact) mass is 473 g/mol. The minimum Gasteiger partial charge on any atom is -0.342 e. The van der Waals surface area contributed by atoms with Gasteiger partial charge in [0.2, 0.25) is 5.91 Å². The first-order valence-electron chi connectivity index (χ1n) is 10.2. The Morgan fingerprint density at radius 1 is 0.971 bits per heavy atom. The summed E-state index contributed by atoms with van der Waals surface area (Å²) in [6, 6.07) is 6.45. The van der Waals surface area contributed by atoms with Crippen molar-refractivity contribution >= 4 is 17.7 Å². The number of amides is 3. The Hall–Kier alpha value is -4.29. The molecule has 0 spiro atoms. The van der Waals surface area contributed by atoms with Gasteiger partial charge in [-0.3, -0.25) is 14.4 Å². The first-order valence-corrected chi connectivity index (χ1v) is 10.2. The zero-order chi connectivity index (χ0) is 24.2. The molecule has 1 aliphatic rings. The maximum absolute atomic E-state index is 13.4. The van der Waals surface area contributed by atoms with Gasteiger partial charge in [0.05, 0.1) is 12.7 Å². The molecule has 3 amide bonds. The van der Waals surface area contributed by atoms with Crippen LogP contribution in [0.2, 0.25) is 0 Å². The van der Waals surface area contributed by atoms with Crippen molar-refractivity contribution < 1.29 is 27.6 Å². The smallest absolute Gasteiger partial charge is 0.273 e. The number of piperazine rings is 1. The van der Waals surface area contributed by atoms with E-state index in [0.29, 0.717) is 18.0 Å². The van der Waals surface area contributed by atoms with Crippen LogP contribution in [-0.2, 0) is 4.79 Å². The van der Waals surface area contributed by atoms with E-state index < -0.39 is 29.3 Å². The molecule has 1 N–H and O–H groups in total. The zero-order valence-electron chi connectivity index (χ0n) is 17.6. The molecule has 0 unspecified atom stereocenters. The quantitative estimate of drug-likeness (QED) is 0.549. The molecule has 13 heteroatoms. The molecule has 4 rings (SSSR count). The third-order valence-corrected chi connectivity index (χ3v) is 5.16. The minimum atomic E-state index is -1.65. The van der Waals surface area contributed by atoms with Gasteiger partial charge in [-0.25, -0.2) is 22.8 Å². The summed E-state index contributed by atoms with van der Waals surface area (Å²) in [4.78, 5) is 44.1. The van der Waals surface area contributed by atoms with E-state index in [2.05, 4.69) is 20.6 Å². The molecule has 1 saturated heterocycles. The maximum atomic E-state index is 13.4. The Morgan fingerprint density at radius 3 is 2.29 bits per heavy atom. The van der Waals surface area contributed by atoms with Gasteiger partial charge in [-0.05, 0) is 24.3 Å². The summed E-state index contributed by atoms with van der Waals surface area (Å²) in [6.45, 7) is 0.234. The molecule has 0 saturated carbocycles. The van der Waals surface area contributed by atoms with E-state index in [-0.39, 0.29) is 49.9 Å². The summed E-state index contributed by atoms with van der Waals surface area (Å²) < 4.78 is 41.3. The van der Waals surface area contributed by atoms with Crippen LogP contribution in [0.1, 0.15) is 20.8 Å². The number of hydrogen-bond acceptors (Lipinski definition) is 6. The summed E-state index contributed by atoms with van der Waals surface area (Å²) >= 11 is 0. The van der Waals surface area contributed by atoms with E-state index in [1.54, 1.807) is 24.4 Å². The molecule has 10 nitrogen and oxygen atoms in total. The van der Waals surface area contributed by atoms with E-state index in [1.807, 2.05) is 0 Å². The Balaban J connectivity index is 1.27. The molecule has 0 radical (unpaired) electrons. The van der Waals surface area contributed by atoms with Crippen molar-refractivity contribution in [2.45, 2.75) is 0 Å². The van der Waals surface area contributed by atoms with Crippen LogP contribution in [0.15, 0.2) is 42.7 Å². The molecule has 0 bridgehead atoms. The highest BCUT2D eigenvalue weighted by Gasteiger charge is 2.26. The van der Waals surface area contributed by atoms with Gasteiger partial charge in [0.15, 0.2) is 29.0 Å². The number of halogens is 3. The normalized spacial score (nSPS) is 13.6. The molecular formula is C21H18F3N7O3. The van der Waals surface area contributed by atoms with E-state index in [4.69, 9.17) is 0 Å². The second-order valence-corrected chi connectivity index (χ2v) is 7.35. The van der Waals surface area contributed by atoms with Crippen LogP contribution >= 0.6 is 0 Å². The molecule has 3 heterocycles. The van der Waals surface area contributed by atoms with Crippen molar-refractivity contribution in [3.05, 3.63) is 71.4 Å². The highest BCUT2D eigenvalue weighted by molar-refractivity contribution is 5.95. The van der Waals surface area contributed by atoms with Crippen molar-refractivity contribution in [3.63, 3.8) is 0 Å². The second kappa shape index (κ2) is 9.68. The lowest BCUT2D eigenvalue weighted by Crippen LogP contribution is -2.52. The van der Waals surface area contributed by atoms with E-state index >= 15 is 0 Å². The average molecular weight is 473 g/mol. The number of nitrogens with zero attached hydrogens (tertiary/aromatic N) is 6. The fourth-order valence-corrected chi connectivity index (χ4v) is 3.35. The molecule has 176 valence electrons. The Labute approximate surface area is 191 Å². The standard InChI is InChI=1S/C21H18F3N7O3/c22-14-9-13(10-15(23)19(14)24)21(34)30-7-5-29(6-8-30)18(32)11-26-20(33)16-12-31(28-27-16)17-3-1-2-4-25-17/h1-4,9-10,12H,5-8,11H2,(H,26,33). The highest BCUT2D eigenvalue weighted by Crippen LogP contribution is 2.16. The molecule has 1 aliphatic heterocycles. The van der Waals surface area contributed by atoms with Crippen LogP contribution in [0.25, 0.3) is 5.82 Å². The van der Waals surface area contributed by atoms with Gasteiger partial charge in [-0.15, -0.1) is 5.10 Å². The van der Waals surface area contributed by atoms with Crippen LogP contribution in [0, 0.1) is 17.5 Å². The van der Waals surface area contributed by atoms with Crippen LogP contribution < -0.4 is 5.32 Å². The molecule has 1 fully saturated rings. The third kappa shape index (κ3) is 4.87. The highest BCUT2D eigenvalue weighted by atomic mass is 19.2. The first kappa shape index (κ1) is 22.9. The van der Waals surface area contributed by atoms with Crippen molar-refractivity contribution in [2.75, 3.05) is 32.7 Å². The van der Waals surface area contributed by atoms with Crippen LogP contribution in [0.5, 0.6) is 0 Å². The second-order valence-electron chi connectivity index (χ2n) is 7.35. The van der Waals surface area contributed by atoms with Gasteiger partial charge in [-0.1, -0.05) is 11.3 Å². The number of rotatable bonds is 5. The number of pyridine rings is 1. The Bertz CT molecular complexity index is 1200. The van der Waals surface area contributed by atoms with Gasteiger partial charge in [0.25, 0.3) is 11.8 Å². The van der Waals surface area contributed by atoms with Gasteiger partial charge in [0, 0.05) is 37.9 Å². The summed E-state index contributed by atoms with van der Waals surface area (Å²) in [6.07, 6.45) is 2.95. The van der Waals surface area contributed by atoms with E-state index in [9.17, 15) is 27.6 Å². The SMILES string of the molecule is O=C(NCC(=O)N1CCN(C(=O)c2cc(F)c(F)c(F)c2)CC1)c1cn(-c2ccccn2)nn1. The van der Waals surface area contributed by atoms with Crippen molar-refractivity contribution in [1.82, 2.24) is 35.1 Å². The molecule has 1 aromatic carbocycles. The summed E-state index contributed by atoms with van der Waals surface area (Å²) in [5.41, 5.74) is -0.310.